The summed E-state index contributed by atoms with van der Waals surface area (Å²) in [4.78, 5) is 10.9. The number of esters is 1. The minimum absolute atomic E-state index is 0.182. The Morgan fingerprint density at radius 3 is 2.82 bits per heavy atom. The Kier molecular flexibility index (Phi) is 2.52. The molecule has 1 saturated heterocycles. The van der Waals surface area contributed by atoms with Crippen molar-refractivity contribution < 1.29 is 9.53 Å². The molecular formula is C8H13NO2. The molecule has 0 spiro atoms. The van der Waals surface area contributed by atoms with Gasteiger partial charge >= 0.3 is 5.97 Å². The van der Waals surface area contributed by atoms with Gasteiger partial charge in [0.1, 0.15) is 0 Å². The minimum Gasteiger partial charge on any atom is -0.462 e. The fraction of sp³-hybridized carbons (Fsp3) is 0.625. The first-order chi connectivity index (χ1) is 5.20. The second-order valence-corrected chi connectivity index (χ2v) is 2.88. The zero-order valence-corrected chi connectivity index (χ0v) is 6.89. The van der Waals surface area contributed by atoms with Gasteiger partial charge in [-0.15, -0.1) is 0 Å². The zero-order chi connectivity index (χ0) is 8.27. The molecule has 0 atom stereocenters. The lowest BCUT2D eigenvalue weighted by Crippen LogP contribution is -2.17. The molecule has 3 heteroatoms. The van der Waals surface area contributed by atoms with E-state index in [9.17, 15) is 4.79 Å². The Hall–Kier alpha value is -0.990. The van der Waals surface area contributed by atoms with Gasteiger partial charge < -0.3 is 10.1 Å². The molecule has 1 rings (SSSR count). The molecule has 0 aliphatic carbocycles. The number of hydrogen-bond donors (Lipinski definition) is 1. The van der Waals surface area contributed by atoms with Gasteiger partial charge in [0.25, 0.3) is 0 Å². The van der Waals surface area contributed by atoms with E-state index in [1.165, 1.54) is 0 Å². The van der Waals surface area contributed by atoms with Crippen molar-refractivity contribution >= 4 is 5.97 Å². The van der Waals surface area contributed by atoms with Crippen LogP contribution in [0.4, 0.5) is 0 Å². The highest BCUT2D eigenvalue weighted by Gasteiger charge is 2.17. The molecule has 0 radical (unpaired) electrons. The average molecular weight is 155 g/mol. The van der Waals surface area contributed by atoms with Crippen LogP contribution in [0.2, 0.25) is 0 Å². The Morgan fingerprint density at radius 1 is 1.64 bits per heavy atom. The number of hydrogen-bond acceptors (Lipinski definition) is 3. The van der Waals surface area contributed by atoms with E-state index in [2.05, 4.69) is 5.32 Å². The van der Waals surface area contributed by atoms with E-state index >= 15 is 0 Å². The van der Waals surface area contributed by atoms with Gasteiger partial charge in [0, 0.05) is 18.7 Å². The van der Waals surface area contributed by atoms with E-state index in [1.807, 2.05) is 13.8 Å². The maximum Gasteiger partial charge on any atom is 0.335 e. The van der Waals surface area contributed by atoms with Gasteiger partial charge in [0.15, 0.2) is 0 Å². The maximum atomic E-state index is 10.9. The molecule has 0 aromatic heterocycles. The molecule has 0 saturated carbocycles. The van der Waals surface area contributed by atoms with E-state index in [4.69, 9.17) is 4.74 Å². The molecule has 1 aliphatic heterocycles. The Morgan fingerprint density at radius 2 is 2.36 bits per heavy atom. The van der Waals surface area contributed by atoms with Crippen molar-refractivity contribution in [3.05, 3.63) is 11.8 Å². The summed E-state index contributed by atoms with van der Waals surface area (Å²) in [5.74, 6) is -0.182. The lowest BCUT2D eigenvalue weighted by Gasteiger charge is -2.03. The molecule has 1 heterocycles. The fourth-order valence-electron chi connectivity index (χ4n) is 0.847. The number of carbonyl (C=O) groups is 1. The van der Waals surface area contributed by atoms with Crippen molar-refractivity contribution in [1.29, 1.82) is 0 Å². The normalized spacial score (nSPS) is 21.0. The first kappa shape index (κ1) is 8.11. The van der Waals surface area contributed by atoms with Crippen LogP contribution in [0.25, 0.3) is 0 Å². The SMILES string of the molecule is CC(C)N/C=C1\CCOC1=O. The molecular weight excluding hydrogens is 142 g/mol. The lowest BCUT2D eigenvalue weighted by atomic mass is 10.2. The fourth-order valence-corrected chi connectivity index (χ4v) is 0.847. The smallest absolute Gasteiger partial charge is 0.335 e. The van der Waals surface area contributed by atoms with Crippen molar-refractivity contribution in [2.45, 2.75) is 26.3 Å². The molecule has 0 aromatic carbocycles. The Bertz CT molecular complexity index is 185. The summed E-state index contributed by atoms with van der Waals surface area (Å²) in [7, 11) is 0. The largest absolute Gasteiger partial charge is 0.462 e. The van der Waals surface area contributed by atoms with E-state index in [1.54, 1.807) is 6.20 Å². The van der Waals surface area contributed by atoms with Gasteiger partial charge in [-0.05, 0) is 13.8 Å². The molecule has 1 N–H and O–H groups in total. The maximum absolute atomic E-state index is 10.9. The lowest BCUT2D eigenvalue weighted by molar-refractivity contribution is -0.135. The first-order valence-corrected chi connectivity index (χ1v) is 3.82. The number of carbonyl (C=O) groups excluding carboxylic acids is 1. The summed E-state index contributed by atoms with van der Waals surface area (Å²) in [6.07, 6.45) is 2.48. The Labute approximate surface area is 66.4 Å². The number of ether oxygens (including phenoxy) is 1. The van der Waals surface area contributed by atoms with E-state index in [0.717, 1.165) is 12.0 Å². The topological polar surface area (TPSA) is 38.3 Å². The van der Waals surface area contributed by atoms with Crippen molar-refractivity contribution in [3.8, 4) is 0 Å². The monoisotopic (exact) mass is 155 g/mol. The summed E-state index contributed by atoms with van der Waals surface area (Å²) >= 11 is 0. The number of rotatable bonds is 2. The molecule has 1 fully saturated rings. The molecule has 1 aliphatic rings. The van der Waals surface area contributed by atoms with Crippen molar-refractivity contribution in [3.63, 3.8) is 0 Å². The van der Waals surface area contributed by atoms with Crippen LogP contribution in [-0.4, -0.2) is 18.6 Å². The van der Waals surface area contributed by atoms with Crippen molar-refractivity contribution in [1.82, 2.24) is 5.32 Å². The van der Waals surface area contributed by atoms with E-state index in [0.29, 0.717) is 12.6 Å². The third kappa shape index (κ3) is 2.26. The second-order valence-electron chi connectivity index (χ2n) is 2.88. The van der Waals surface area contributed by atoms with E-state index in [-0.39, 0.29) is 5.97 Å². The third-order valence-corrected chi connectivity index (χ3v) is 1.46. The molecule has 11 heavy (non-hydrogen) atoms. The molecule has 0 amide bonds. The first-order valence-electron chi connectivity index (χ1n) is 3.82. The van der Waals surface area contributed by atoms with Gasteiger partial charge in [-0.3, -0.25) is 0 Å². The van der Waals surface area contributed by atoms with Gasteiger partial charge in [-0.2, -0.15) is 0 Å². The average Bonchev–Trinajstić information content (AvgIpc) is 2.31. The summed E-state index contributed by atoms with van der Waals surface area (Å²) in [5.41, 5.74) is 0.749. The number of nitrogens with one attached hydrogen (secondary N) is 1. The highest BCUT2D eigenvalue weighted by molar-refractivity contribution is 5.90. The van der Waals surface area contributed by atoms with Crippen LogP contribution in [0.1, 0.15) is 20.3 Å². The summed E-state index contributed by atoms with van der Waals surface area (Å²) < 4.78 is 4.75. The molecule has 3 nitrogen and oxygen atoms in total. The Balaban J connectivity index is 2.45. The van der Waals surface area contributed by atoms with Crippen LogP contribution in [-0.2, 0) is 9.53 Å². The highest BCUT2D eigenvalue weighted by atomic mass is 16.5. The van der Waals surface area contributed by atoms with Crippen LogP contribution in [0, 0.1) is 0 Å². The summed E-state index contributed by atoms with van der Waals surface area (Å²) in [6.45, 7) is 4.58. The van der Waals surface area contributed by atoms with Crippen LogP contribution >= 0.6 is 0 Å². The molecule has 0 bridgehead atoms. The number of cyclic esters (lactones) is 1. The minimum atomic E-state index is -0.182. The molecule has 0 unspecified atom stereocenters. The standard InChI is InChI=1S/C8H13NO2/c1-6(2)9-5-7-3-4-11-8(7)10/h5-6,9H,3-4H2,1-2H3/b7-5+. The van der Waals surface area contributed by atoms with Gasteiger partial charge in [-0.25, -0.2) is 4.79 Å². The van der Waals surface area contributed by atoms with Crippen LogP contribution in [0.5, 0.6) is 0 Å². The van der Waals surface area contributed by atoms with Crippen molar-refractivity contribution in [2.24, 2.45) is 0 Å². The van der Waals surface area contributed by atoms with Gasteiger partial charge in [-0.1, -0.05) is 0 Å². The predicted molar refractivity (Wildman–Crippen MR) is 41.9 cm³/mol. The molecule has 62 valence electrons. The summed E-state index contributed by atoms with van der Waals surface area (Å²) in [6, 6.07) is 0.371. The van der Waals surface area contributed by atoms with Gasteiger partial charge in [0.05, 0.1) is 12.2 Å². The van der Waals surface area contributed by atoms with Crippen LogP contribution < -0.4 is 5.32 Å². The molecule has 0 aromatic rings. The van der Waals surface area contributed by atoms with Crippen LogP contribution in [0.15, 0.2) is 11.8 Å². The third-order valence-electron chi connectivity index (χ3n) is 1.46. The quantitative estimate of drug-likeness (QED) is 0.474. The highest BCUT2D eigenvalue weighted by Crippen LogP contribution is 2.11. The van der Waals surface area contributed by atoms with Crippen molar-refractivity contribution in [2.75, 3.05) is 6.61 Å². The van der Waals surface area contributed by atoms with Crippen LogP contribution in [0.3, 0.4) is 0 Å². The van der Waals surface area contributed by atoms with Gasteiger partial charge in [0.2, 0.25) is 0 Å². The predicted octanol–water partition coefficient (Wildman–Crippen LogP) is 0.815. The second kappa shape index (κ2) is 3.42. The zero-order valence-electron chi connectivity index (χ0n) is 6.89. The summed E-state index contributed by atoms with van der Waals surface area (Å²) in [5, 5.41) is 3.05. The van der Waals surface area contributed by atoms with E-state index < -0.39 is 0 Å².